The molecule has 1 unspecified atom stereocenters. The Balaban J connectivity index is 1.79. The van der Waals surface area contributed by atoms with E-state index in [0.717, 1.165) is 24.0 Å². The van der Waals surface area contributed by atoms with Gasteiger partial charge in [-0.3, -0.25) is 0 Å². The van der Waals surface area contributed by atoms with Gasteiger partial charge in [0.2, 0.25) is 0 Å². The molecule has 2 nitrogen and oxygen atoms in total. The predicted molar refractivity (Wildman–Crippen MR) is 88.9 cm³/mol. The first-order valence-corrected chi connectivity index (χ1v) is 8.09. The van der Waals surface area contributed by atoms with Crippen LogP contribution in [0.4, 0.5) is 0 Å². The van der Waals surface area contributed by atoms with Crippen molar-refractivity contribution in [2.75, 3.05) is 0 Å². The summed E-state index contributed by atoms with van der Waals surface area (Å²) in [7, 11) is 0. The third kappa shape index (κ3) is 4.80. The lowest BCUT2D eigenvalue weighted by Crippen LogP contribution is -2.27. The fourth-order valence-corrected chi connectivity index (χ4v) is 2.60. The van der Waals surface area contributed by atoms with Gasteiger partial charge in [0.15, 0.2) is 0 Å². The minimum atomic E-state index is 0.478. The summed E-state index contributed by atoms with van der Waals surface area (Å²) in [5.41, 5.74) is 2.73. The van der Waals surface area contributed by atoms with Crippen LogP contribution in [0.2, 0.25) is 0 Å². The van der Waals surface area contributed by atoms with Crippen molar-refractivity contribution in [3.63, 3.8) is 0 Å². The first-order valence-electron chi connectivity index (χ1n) is 7.30. The fraction of sp³-hybridized carbons (Fsp3) is 0.412. The second-order valence-electron chi connectivity index (χ2n) is 5.37. The summed E-state index contributed by atoms with van der Waals surface area (Å²) >= 11 is 3.47. The Bertz CT molecular complexity index is 516. The summed E-state index contributed by atoms with van der Waals surface area (Å²) < 4.78 is 3.40. The number of benzene rings is 1. The van der Waals surface area contributed by atoms with Crippen molar-refractivity contribution in [2.24, 2.45) is 0 Å². The van der Waals surface area contributed by atoms with Gasteiger partial charge in [-0.05, 0) is 49.1 Å². The molecule has 1 N–H and O–H groups in total. The summed E-state index contributed by atoms with van der Waals surface area (Å²) in [5, 5.41) is 3.59. The Morgan fingerprint density at radius 2 is 1.90 bits per heavy atom. The molecular formula is C17H23BrN2. The zero-order valence-electron chi connectivity index (χ0n) is 12.3. The molecule has 2 aromatic rings. The fourth-order valence-electron chi connectivity index (χ4n) is 2.33. The number of halogens is 1. The van der Waals surface area contributed by atoms with Gasteiger partial charge < -0.3 is 9.88 Å². The minimum Gasteiger partial charge on any atom is -0.354 e. The number of nitrogens with zero attached hydrogens (tertiary/aromatic N) is 1. The van der Waals surface area contributed by atoms with Crippen molar-refractivity contribution in [3.05, 3.63) is 58.3 Å². The molecule has 1 atom stereocenters. The van der Waals surface area contributed by atoms with E-state index >= 15 is 0 Å². The summed E-state index contributed by atoms with van der Waals surface area (Å²) in [6, 6.07) is 11.3. The average molecular weight is 335 g/mol. The van der Waals surface area contributed by atoms with Crippen LogP contribution in [0.1, 0.15) is 31.4 Å². The molecule has 0 amide bonds. The Morgan fingerprint density at radius 1 is 1.15 bits per heavy atom. The highest BCUT2D eigenvalue weighted by molar-refractivity contribution is 9.10. The van der Waals surface area contributed by atoms with Crippen LogP contribution >= 0.6 is 15.9 Å². The molecular weight excluding hydrogens is 312 g/mol. The maximum Gasteiger partial charge on any atom is 0.0223 e. The van der Waals surface area contributed by atoms with E-state index in [-0.39, 0.29) is 0 Å². The molecule has 0 fully saturated rings. The SMILES string of the molecule is CCCn1ccc(CNC(C)Cc2ccc(Br)cc2)c1. The van der Waals surface area contributed by atoms with Crippen LogP contribution in [-0.2, 0) is 19.5 Å². The van der Waals surface area contributed by atoms with E-state index in [4.69, 9.17) is 0 Å². The van der Waals surface area contributed by atoms with Gasteiger partial charge in [0.05, 0.1) is 0 Å². The van der Waals surface area contributed by atoms with Crippen LogP contribution in [0.3, 0.4) is 0 Å². The van der Waals surface area contributed by atoms with Crippen LogP contribution in [0.15, 0.2) is 47.2 Å². The highest BCUT2D eigenvalue weighted by atomic mass is 79.9. The highest BCUT2D eigenvalue weighted by Gasteiger charge is 2.04. The molecule has 1 aromatic carbocycles. The predicted octanol–water partition coefficient (Wildman–Crippen LogP) is 4.38. The van der Waals surface area contributed by atoms with E-state index in [1.165, 1.54) is 17.5 Å². The van der Waals surface area contributed by atoms with Crippen molar-refractivity contribution in [2.45, 2.75) is 45.8 Å². The molecule has 0 aliphatic heterocycles. The molecule has 0 saturated heterocycles. The molecule has 108 valence electrons. The van der Waals surface area contributed by atoms with Crippen LogP contribution in [0.5, 0.6) is 0 Å². The topological polar surface area (TPSA) is 17.0 Å². The first-order chi connectivity index (χ1) is 9.67. The molecule has 2 rings (SSSR count). The summed E-state index contributed by atoms with van der Waals surface area (Å²) in [4.78, 5) is 0. The molecule has 3 heteroatoms. The molecule has 0 aliphatic rings. The monoisotopic (exact) mass is 334 g/mol. The summed E-state index contributed by atoms with van der Waals surface area (Å²) in [5.74, 6) is 0. The third-order valence-corrected chi connectivity index (χ3v) is 3.93. The van der Waals surface area contributed by atoms with Gasteiger partial charge in [0, 0.05) is 36.0 Å². The highest BCUT2D eigenvalue weighted by Crippen LogP contribution is 2.12. The zero-order chi connectivity index (χ0) is 14.4. The van der Waals surface area contributed by atoms with E-state index in [9.17, 15) is 0 Å². The Hall–Kier alpha value is -1.06. The van der Waals surface area contributed by atoms with Crippen LogP contribution in [-0.4, -0.2) is 10.6 Å². The number of aryl methyl sites for hydroxylation is 1. The number of aromatic nitrogens is 1. The van der Waals surface area contributed by atoms with Gasteiger partial charge in [-0.2, -0.15) is 0 Å². The van der Waals surface area contributed by atoms with Gasteiger partial charge in [0.25, 0.3) is 0 Å². The maximum absolute atomic E-state index is 3.59. The molecule has 20 heavy (non-hydrogen) atoms. The molecule has 0 saturated carbocycles. The minimum absolute atomic E-state index is 0.478. The smallest absolute Gasteiger partial charge is 0.0223 e. The second-order valence-corrected chi connectivity index (χ2v) is 6.29. The number of hydrogen-bond donors (Lipinski definition) is 1. The van der Waals surface area contributed by atoms with Crippen molar-refractivity contribution in [1.82, 2.24) is 9.88 Å². The lowest BCUT2D eigenvalue weighted by molar-refractivity contribution is 0.544. The van der Waals surface area contributed by atoms with E-state index < -0.39 is 0 Å². The zero-order valence-corrected chi connectivity index (χ0v) is 13.9. The first kappa shape index (κ1) is 15.3. The molecule has 0 radical (unpaired) electrons. The standard InChI is InChI=1S/C17H23BrN2/c1-3-9-20-10-8-16(13-20)12-19-14(2)11-15-4-6-17(18)7-5-15/h4-8,10,13-14,19H,3,9,11-12H2,1-2H3. The largest absolute Gasteiger partial charge is 0.354 e. The van der Waals surface area contributed by atoms with E-state index in [2.05, 4.69) is 82.4 Å². The molecule has 1 aromatic heterocycles. The number of nitrogens with one attached hydrogen (secondary N) is 1. The van der Waals surface area contributed by atoms with Crippen molar-refractivity contribution in [1.29, 1.82) is 0 Å². The van der Waals surface area contributed by atoms with Gasteiger partial charge in [0.1, 0.15) is 0 Å². The quantitative estimate of drug-likeness (QED) is 0.794. The Morgan fingerprint density at radius 3 is 2.60 bits per heavy atom. The summed E-state index contributed by atoms with van der Waals surface area (Å²) in [6.07, 6.45) is 6.65. The lowest BCUT2D eigenvalue weighted by Gasteiger charge is -2.13. The maximum atomic E-state index is 3.59. The number of rotatable bonds is 7. The van der Waals surface area contributed by atoms with Gasteiger partial charge in [-0.25, -0.2) is 0 Å². The Labute approximate surface area is 130 Å². The Kier molecular flexibility index (Phi) is 5.86. The molecule has 1 heterocycles. The van der Waals surface area contributed by atoms with E-state index in [1.807, 2.05) is 0 Å². The molecule has 0 bridgehead atoms. The second kappa shape index (κ2) is 7.65. The molecule has 0 spiro atoms. The van der Waals surface area contributed by atoms with E-state index in [0.29, 0.717) is 6.04 Å². The van der Waals surface area contributed by atoms with Gasteiger partial charge >= 0.3 is 0 Å². The van der Waals surface area contributed by atoms with Gasteiger partial charge in [-0.1, -0.05) is 35.0 Å². The van der Waals surface area contributed by atoms with Crippen LogP contribution in [0, 0.1) is 0 Å². The van der Waals surface area contributed by atoms with Crippen molar-refractivity contribution in [3.8, 4) is 0 Å². The number of hydrogen-bond acceptors (Lipinski definition) is 1. The molecule has 0 aliphatic carbocycles. The third-order valence-electron chi connectivity index (χ3n) is 3.40. The summed E-state index contributed by atoms with van der Waals surface area (Å²) in [6.45, 7) is 6.49. The van der Waals surface area contributed by atoms with Gasteiger partial charge in [-0.15, -0.1) is 0 Å². The van der Waals surface area contributed by atoms with E-state index in [1.54, 1.807) is 0 Å². The van der Waals surface area contributed by atoms with Crippen LogP contribution < -0.4 is 5.32 Å². The average Bonchev–Trinajstić information content (AvgIpc) is 2.87. The van der Waals surface area contributed by atoms with Crippen LogP contribution in [0.25, 0.3) is 0 Å². The van der Waals surface area contributed by atoms with Crippen molar-refractivity contribution >= 4 is 15.9 Å². The lowest BCUT2D eigenvalue weighted by atomic mass is 10.1. The van der Waals surface area contributed by atoms with Crippen molar-refractivity contribution < 1.29 is 0 Å². The normalized spacial score (nSPS) is 12.6.